The van der Waals surface area contributed by atoms with Crippen molar-refractivity contribution in [2.75, 3.05) is 38.5 Å². The van der Waals surface area contributed by atoms with Gasteiger partial charge in [-0.15, -0.1) is 0 Å². The number of hydrogen-bond donors (Lipinski definition) is 2. The van der Waals surface area contributed by atoms with E-state index in [2.05, 4.69) is 53.8 Å². The van der Waals surface area contributed by atoms with Gasteiger partial charge < -0.3 is 15.5 Å². The van der Waals surface area contributed by atoms with Gasteiger partial charge in [-0.25, -0.2) is 0 Å². The number of nitrogens with one attached hydrogen (secondary N) is 2. The van der Waals surface area contributed by atoms with Gasteiger partial charge in [-0.05, 0) is 31.2 Å². The van der Waals surface area contributed by atoms with Gasteiger partial charge in [-0.2, -0.15) is 0 Å². The summed E-state index contributed by atoms with van der Waals surface area (Å²) in [5, 5.41) is 7.06. The van der Waals surface area contributed by atoms with Crippen LogP contribution in [0.4, 0.5) is 5.69 Å². The maximum Gasteiger partial charge on any atom is 0.0369 e. The SMILES string of the molecule is CCCc1ccc(NCC2CN(C)CCN2)cc1. The van der Waals surface area contributed by atoms with Crippen molar-refractivity contribution < 1.29 is 0 Å². The topological polar surface area (TPSA) is 27.3 Å². The zero-order chi connectivity index (χ0) is 12.8. The van der Waals surface area contributed by atoms with Crippen LogP contribution in [0.2, 0.25) is 0 Å². The number of aryl methyl sites for hydroxylation is 1. The lowest BCUT2D eigenvalue weighted by Crippen LogP contribution is -2.51. The molecule has 1 saturated heterocycles. The molecule has 0 bridgehead atoms. The second kappa shape index (κ2) is 6.76. The zero-order valence-electron chi connectivity index (χ0n) is 11.6. The first-order valence-corrected chi connectivity index (χ1v) is 7.02. The molecule has 2 rings (SSSR count). The molecule has 0 radical (unpaired) electrons. The van der Waals surface area contributed by atoms with E-state index in [-0.39, 0.29) is 0 Å². The molecule has 0 aromatic heterocycles. The molecule has 0 amide bonds. The Morgan fingerprint density at radius 3 is 2.78 bits per heavy atom. The van der Waals surface area contributed by atoms with Gasteiger partial charge in [0.05, 0.1) is 0 Å². The third-order valence-corrected chi connectivity index (χ3v) is 3.50. The van der Waals surface area contributed by atoms with Gasteiger partial charge in [-0.1, -0.05) is 25.5 Å². The van der Waals surface area contributed by atoms with E-state index in [1.807, 2.05) is 0 Å². The van der Waals surface area contributed by atoms with Crippen LogP contribution in [0.3, 0.4) is 0 Å². The molecular weight excluding hydrogens is 222 g/mol. The molecule has 0 aliphatic carbocycles. The highest BCUT2D eigenvalue weighted by Gasteiger charge is 2.15. The predicted octanol–water partition coefficient (Wildman–Crippen LogP) is 1.95. The minimum Gasteiger partial charge on any atom is -0.383 e. The van der Waals surface area contributed by atoms with Gasteiger partial charge in [0, 0.05) is 37.9 Å². The summed E-state index contributed by atoms with van der Waals surface area (Å²) in [5.74, 6) is 0. The van der Waals surface area contributed by atoms with E-state index < -0.39 is 0 Å². The smallest absolute Gasteiger partial charge is 0.0369 e. The summed E-state index contributed by atoms with van der Waals surface area (Å²) in [5.41, 5.74) is 2.66. The van der Waals surface area contributed by atoms with Crippen molar-refractivity contribution in [3.63, 3.8) is 0 Å². The van der Waals surface area contributed by atoms with Crippen molar-refractivity contribution in [2.24, 2.45) is 0 Å². The van der Waals surface area contributed by atoms with Crippen molar-refractivity contribution in [1.29, 1.82) is 0 Å². The number of hydrogen-bond acceptors (Lipinski definition) is 3. The predicted molar refractivity (Wildman–Crippen MR) is 78.2 cm³/mol. The van der Waals surface area contributed by atoms with Gasteiger partial charge >= 0.3 is 0 Å². The molecule has 1 aliphatic heterocycles. The largest absolute Gasteiger partial charge is 0.383 e. The molecular formula is C15H25N3. The van der Waals surface area contributed by atoms with Crippen molar-refractivity contribution in [1.82, 2.24) is 10.2 Å². The standard InChI is InChI=1S/C15H25N3/c1-3-4-13-5-7-14(8-6-13)17-11-15-12-18(2)10-9-16-15/h5-8,15-17H,3-4,9-12H2,1-2H3. The fourth-order valence-electron chi connectivity index (χ4n) is 2.45. The molecule has 18 heavy (non-hydrogen) atoms. The summed E-state index contributed by atoms with van der Waals surface area (Å²) < 4.78 is 0. The highest BCUT2D eigenvalue weighted by molar-refractivity contribution is 5.44. The quantitative estimate of drug-likeness (QED) is 0.833. The van der Waals surface area contributed by atoms with Crippen LogP contribution < -0.4 is 10.6 Å². The van der Waals surface area contributed by atoms with Crippen molar-refractivity contribution >= 4 is 5.69 Å². The lowest BCUT2D eigenvalue weighted by atomic mass is 10.1. The third-order valence-electron chi connectivity index (χ3n) is 3.50. The molecule has 1 aliphatic rings. The van der Waals surface area contributed by atoms with Crippen molar-refractivity contribution in [2.45, 2.75) is 25.8 Å². The van der Waals surface area contributed by atoms with Gasteiger partial charge in [0.15, 0.2) is 0 Å². The summed E-state index contributed by atoms with van der Waals surface area (Å²) >= 11 is 0. The highest BCUT2D eigenvalue weighted by Crippen LogP contribution is 2.11. The Kier molecular flexibility index (Phi) is 5.02. The Morgan fingerprint density at radius 2 is 2.11 bits per heavy atom. The first-order chi connectivity index (χ1) is 8.78. The molecule has 1 aromatic rings. The second-order valence-corrected chi connectivity index (χ2v) is 5.24. The molecule has 0 saturated carbocycles. The maximum absolute atomic E-state index is 3.55. The molecule has 1 heterocycles. The van der Waals surface area contributed by atoms with E-state index in [0.29, 0.717) is 6.04 Å². The number of rotatable bonds is 5. The molecule has 1 fully saturated rings. The molecule has 1 unspecified atom stereocenters. The van der Waals surface area contributed by atoms with E-state index in [0.717, 1.165) is 26.2 Å². The number of benzene rings is 1. The van der Waals surface area contributed by atoms with Gasteiger partial charge in [0.2, 0.25) is 0 Å². The number of nitrogens with zero attached hydrogens (tertiary/aromatic N) is 1. The molecule has 3 nitrogen and oxygen atoms in total. The van der Waals surface area contributed by atoms with Gasteiger partial charge in [0.1, 0.15) is 0 Å². The minimum atomic E-state index is 0.555. The van der Waals surface area contributed by atoms with Crippen LogP contribution in [-0.2, 0) is 6.42 Å². The third kappa shape index (κ3) is 4.00. The molecule has 0 spiro atoms. The Bertz CT molecular complexity index is 347. The normalized spacial score (nSPS) is 20.9. The second-order valence-electron chi connectivity index (χ2n) is 5.24. The Hall–Kier alpha value is -1.06. The molecule has 1 aromatic carbocycles. The fourth-order valence-corrected chi connectivity index (χ4v) is 2.45. The Morgan fingerprint density at radius 1 is 1.33 bits per heavy atom. The Balaban J connectivity index is 1.78. The summed E-state index contributed by atoms with van der Waals surface area (Å²) in [6, 6.07) is 9.40. The van der Waals surface area contributed by atoms with Gasteiger partial charge in [-0.3, -0.25) is 0 Å². The first kappa shape index (κ1) is 13.4. The van der Waals surface area contributed by atoms with Gasteiger partial charge in [0.25, 0.3) is 0 Å². The van der Waals surface area contributed by atoms with Crippen LogP contribution >= 0.6 is 0 Å². The van der Waals surface area contributed by atoms with E-state index in [4.69, 9.17) is 0 Å². The average Bonchev–Trinajstić information content (AvgIpc) is 2.38. The van der Waals surface area contributed by atoms with Crippen LogP contribution in [-0.4, -0.2) is 44.2 Å². The monoisotopic (exact) mass is 247 g/mol. The van der Waals surface area contributed by atoms with Crippen LogP contribution in [0.1, 0.15) is 18.9 Å². The lowest BCUT2D eigenvalue weighted by Gasteiger charge is -2.31. The van der Waals surface area contributed by atoms with Crippen molar-refractivity contribution in [3.8, 4) is 0 Å². The average molecular weight is 247 g/mol. The summed E-state index contributed by atoms with van der Waals surface area (Å²) in [7, 11) is 2.19. The summed E-state index contributed by atoms with van der Waals surface area (Å²) in [4.78, 5) is 2.38. The summed E-state index contributed by atoms with van der Waals surface area (Å²) in [6.07, 6.45) is 2.39. The number of anilines is 1. The van der Waals surface area contributed by atoms with Crippen LogP contribution in [0.25, 0.3) is 0 Å². The van der Waals surface area contributed by atoms with E-state index >= 15 is 0 Å². The number of piperazine rings is 1. The van der Waals surface area contributed by atoms with E-state index in [1.165, 1.54) is 24.1 Å². The molecule has 100 valence electrons. The Labute approximate surface area is 111 Å². The summed E-state index contributed by atoms with van der Waals surface area (Å²) in [6.45, 7) is 6.59. The number of likely N-dealkylation sites (N-methyl/N-ethyl adjacent to an activating group) is 1. The first-order valence-electron chi connectivity index (χ1n) is 7.02. The molecule has 3 heteroatoms. The van der Waals surface area contributed by atoms with E-state index in [1.54, 1.807) is 0 Å². The fraction of sp³-hybridized carbons (Fsp3) is 0.600. The highest BCUT2D eigenvalue weighted by atomic mass is 15.2. The molecule has 2 N–H and O–H groups in total. The van der Waals surface area contributed by atoms with Crippen LogP contribution in [0, 0.1) is 0 Å². The van der Waals surface area contributed by atoms with Crippen LogP contribution in [0.15, 0.2) is 24.3 Å². The van der Waals surface area contributed by atoms with Crippen LogP contribution in [0.5, 0.6) is 0 Å². The molecule has 1 atom stereocenters. The maximum atomic E-state index is 3.55. The van der Waals surface area contributed by atoms with Crippen molar-refractivity contribution in [3.05, 3.63) is 29.8 Å². The lowest BCUT2D eigenvalue weighted by molar-refractivity contribution is 0.244. The van der Waals surface area contributed by atoms with E-state index in [9.17, 15) is 0 Å². The minimum absolute atomic E-state index is 0.555. The zero-order valence-corrected chi connectivity index (χ0v) is 11.6.